The summed E-state index contributed by atoms with van der Waals surface area (Å²) < 4.78 is 5.21. The largest absolute Gasteiger partial charge is 0.444 e. The molecule has 0 bridgehead atoms. The number of carbonyl (C=O) groups excluding carboxylic acids is 1. The number of aliphatic hydroxyl groups excluding tert-OH is 1. The molecule has 1 aliphatic rings. The number of hydrogen-bond donors (Lipinski definition) is 3. The molecule has 0 spiro atoms. The highest BCUT2D eigenvalue weighted by molar-refractivity contribution is 7.16. The number of aryl methyl sites for hydroxylation is 1. The average Bonchev–Trinajstić information content (AvgIpc) is 2.63. The Hall–Kier alpha value is -1.18. The fourth-order valence-electron chi connectivity index (χ4n) is 2.62. The molecule has 4 N–H and O–H groups in total. The van der Waals surface area contributed by atoms with Crippen LogP contribution in [0.1, 0.15) is 44.2 Å². The van der Waals surface area contributed by atoms with Crippen molar-refractivity contribution in [3.05, 3.63) is 10.6 Å². The number of nitrogens with zero attached hydrogens (tertiary/aromatic N) is 1. The van der Waals surface area contributed by atoms with E-state index in [0.717, 1.165) is 10.6 Å². The molecular weight excluding hydrogens is 290 g/mol. The van der Waals surface area contributed by atoms with Crippen LogP contribution in [0, 0.1) is 6.92 Å². The molecule has 1 saturated carbocycles. The van der Waals surface area contributed by atoms with Crippen molar-refractivity contribution in [2.45, 2.75) is 57.7 Å². The number of thiazole rings is 1. The van der Waals surface area contributed by atoms with E-state index < -0.39 is 11.7 Å². The van der Waals surface area contributed by atoms with Crippen molar-refractivity contribution >= 4 is 22.6 Å². The number of carbonyl (C=O) groups is 1. The number of rotatable bonds is 3. The Bertz CT molecular complexity index is 530. The van der Waals surface area contributed by atoms with Crippen molar-refractivity contribution in [2.24, 2.45) is 5.73 Å². The average molecular weight is 313 g/mol. The van der Waals surface area contributed by atoms with Crippen molar-refractivity contribution in [2.75, 3.05) is 11.9 Å². The van der Waals surface area contributed by atoms with E-state index in [0.29, 0.717) is 24.5 Å². The monoisotopic (exact) mass is 313 g/mol. The molecule has 0 atom stereocenters. The second kappa shape index (κ2) is 5.55. The van der Waals surface area contributed by atoms with Crippen LogP contribution in [0.25, 0.3) is 0 Å². The smallest absolute Gasteiger partial charge is 0.413 e. The Morgan fingerprint density at radius 2 is 2.19 bits per heavy atom. The summed E-state index contributed by atoms with van der Waals surface area (Å²) in [5, 5.41) is 12.7. The number of amides is 1. The Labute approximate surface area is 128 Å². The van der Waals surface area contributed by atoms with Gasteiger partial charge in [-0.1, -0.05) is 0 Å². The number of nitrogens with two attached hydrogens (primary N) is 1. The fraction of sp³-hybridized carbons (Fsp3) is 0.714. The summed E-state index contributed by atoms with van der Waals surface area (Å²) in [6.07, 6.45) is 0.493. The third kappa shape index (κ3) is 3.53. The van der Waals surface area contributed by atoms with E-state index in [1.165, 1.54) is 11.3 Å². The summed E-state index contributed by atoms with van der Waals surface area (Å²) >= 11 is 1.41. The quantitative estimate of drug-likeness (QED) is 0.794. The Morgan fingerprint density at radius 1 is 1.57 bits per heavy atom. The molecule has 1 aromatic heterocycles. The predicted octanol–water partition coefficient (Wildman–Crippen LogP) is 2.15. The molecule has 1 fully saturated rings. The Balaban J connectivity index is 2.11. The lowest BCUT2D eigenvalue weighted by Gasteiger charge is -2.44. The van der Waals surface area contributed by atoms with Gasteiger partial charge in [-0.25, -0.2) is 9.78 Å². The number of aliphatic hydroxyl groups is 1. The van der Waals surface area contributed by atoms with Gasteiger partial charge in [0, 0.05) is 16.8 Å². The van der Waals surface area contributed by atoms with Crippen molar-refractivity contribution in [1.82, 2.24) is 4.98 Å². The zero-order valence-corrected chi connectivity index (χ0v) is 13.7. The van der Waals surface area contributed by atoms with Crippen LogP contribution in [0.4, 0.5) is 9.93 Å². The molecule has 0 unspecified atom stereocenters. The highest BCUT2D eigenvalue weighted by atomic mass is 32.1. The van der Waals surface area contributed by atoms with Gasteiger partial charge >= 0.3 is 6.09 Å². The number of hydrogen-bond acceptors (Lipinski definition) is 6. The van der Waals surface area contributed by atoms with Crippen molar-refractivity contribution in [1.29, 1.82) is 0 Å². The number of nitrogens with one attached hydrogen (secondary N) is 1. The summed E-state index contributed by atoms with van der Waals surface area (Å²) in [5.74, 6) is 0. The third-order valence-corrected chi connectivity index (χ3v) is 4.85. The number of aromatic nitrogens is 1. The van der Waals surface area contributed by atoms with Crippen molar-refractivity contribution in [3.8, 4) is 0 Å². The van der Waals surface area contributed by atoms with Crippen LogP contribution in [-0.2, 0) is 10.2 Å². The highest BCUT2D eigenvalue weighted by Gasteiger charge is 2.46. The van der Waals surface area contributed by atoms with Gasteiger partial charge in [-0.2, -0.15) is 0 Å². The fourth-order valence-corrected chi connectivity index (χ4v) is 3.79. The molecule has 6 nitrogen and oxygen atoms in total. The van der Waals surface area contributed by atoms with Gasteiger partial charge in [-0.15, -0.1) is 11.3 Å². The highest BCUT2D eigenvalue weighted by Crippen LogP contribution is 2.47. The van der Waals surface area contributed by atoms with Gasteiger partial charge < -0.3 is 15.6 Å². The molecule has 1 amide bonds. The van der Waals surface area contributed by atoms with Gasteiger partial charge in [0.05, 0.1) is 11.8 Å². The van der Waals surface area contributed by atoms with Gasteiger partial charge in [0.2, 0.25) is 0 Å². The molecule has 1 aliphatic carbocycles. The summed E-state index contributed by atoms with van der Waals surface area (Å²) in [4.78, 5) is 17.2. The van der Waals surface area contributed by atoms with Crippen LogP contribution in [0.15, 0.2) is 0 Å². The van der Waals surface area contributed by atoms with E-state index in [1.54, 1.807) is 0 Å². The lowest BCUT2D eigenvalue weighted by Crippen LogP contribution is -2.49. The normalized spacial score (nSPS) is 25.3. The minimum Gasteiger partial charge on any atom is -0.444 e. The van der Waals surface area contributed by atoms with Crippen LogP contribution >= 0.6 is 11.3 Å². The van der Waals surface area contributed by atoms with E-state index in [-0.39, 0.29) is 11.5 Å². The molecule has 0 aromatic carbocycles. The van der Waals surface area contributed by atoms with E-state index in [1.807, 2.05) is 27.7 Å². The van der Waals surface area contributed by atoms with E-state index in [2.05, 4.69) is 10.3 Å². The summed E-state index contributed by atoms with van der Waals surface area (Å²) in [6, 6.07) is 0. The first-order valence-electron chi connectivity index (χ1n) is 7.01. The second-order valence-electron chi connectivity index (χ2n) is 6.61. The Morgan fingerprint density at radius 3 is 2.67 bits per heavy atom. The number of ether oxygens (including phenoxy) is 1. The van der Waals surface area contributed by atoms with Crippen LogP contribution in [0.5, 0.6) is 0 Å². The SMILES string of the molecule is Cc1nc(NC(=O)OC(C)(C)C)sc1C1(CN)CC(O)C1. The molecule has 2 rings (SSSR count). The van der Waals surface area contributed by atoms with Gasteiger partial charge in [0.1, 0.15) is 5.60 Å². The maximum absolute atomic E-state index is 11.8. The Kier molecular flexibility index (Phi) is 4.28. The topological polar surface area (TPSA) is 97.5 Å². The molecule has 0 radical (unpaired) electrons. The van der Waals surface area contributed by atoms with Crippen LogP contribution in [0.3, 0.4) is 0 Å². The maximum atomic E-state index is 11.8. The predicted molar refractivity (Wildman–Crippen MR) is 82.7 cm³/mol. The molecule has 21 heavy (non-hydrogen) atoms. The molecule has 7 heteroatoms. The number of anilines is 1. The van der Waals surface area contributed by atoms with Crippen LogP contribution in [-0.4, -0.2) is 34.4 Å². The van der Waals surface area contributed by atoms with Gasteiger partial charge in [-0.3, -0.25) is 5.32 Å². The first-order valence-corrected chi connectivity index (χ1v) is 7.83. The minimum atomic E-state index is -0.546. The zero-order valence-electron chi connectivity index (χ0n) is 12.9. The minimum absolute atomic E-state index is 0.199. The second-order valence-corrected chi connectivity index (χ2v) is 7.61. The van der Waals surface area contributed by atoms with E-state index in [9.17, 15) is 9.90 Å². The zero-order chi connectivity index (χ0) is 15.8. The van der Waals surface area contributed by atoms with Crippen LogP contribution < -0.4 is 11.1 Å². The summed E-state index contributed by atoms with van der Waals surface area (Å²) in [6.45, 7) is 7.80. The summed E-state index contributed by atoms with van der Waals surface area (Å²) in [7, 11) is 0. The van der Waals surface area contributed by atoms with Crippen LogP contribution in [0.2, 0.25) is 0 Å². The molecular formula is C14H23N3O3S. The van der Waals surface area contributed by atoms with Crippen molar-refractivity contribution in [3.63, 3.8) is 0 Å². The molecule has 1 heterocycles. The standard InChI is InChI=1S/C14H23N3O3S/c1-8-10(14(7-15)5-9(18)6-14)21-11(16-8)17-12(19)20-13(2,3)4/h9,18H,5-7,15H2,1-4H3,(H,16,17,19). The summed E-state index contributed by atoms with van der Waals surface area (Å²) in [5.41, 5.74) is 5.99. The molecule has 0 saturated heterocycles. The van der Waals surface area contributed by atoms with E-state index >= 15 is 0 Å². The lowest BCUT2D eigenvalue weighted by molar-refractivity contribution is 0.0235. The van der Waals surface area contributed by atoms with Gasteiger partial charge in [-0.05, 0) is 40.5 Å². The third-order valence-electron chi connectivity index (χ3n) is 3.53. The maximum Gasteiger partial charge on any atom is 0.413 e. The first kappa shape index (κ1) is 16.2. The van der Waals surface area contributed by atoms with Gasteiger partial charge in [0.25, 0.3) is 0 Å². The van der Waals surface area contributed by atoms with Gasteiger partial charge in [0.15, 0.2) is 5.13 Å². The van der Waals surface area contributed by atoms with Crippen molar-refractivity contribution < 1.29 is 14.6 Å². The molecule has 118 valence electrons. The lowest BCUT2D eigenvalue weighted by atomic mass is 9.65. The molecule has 0 aliphatic heterocycles. The molecule has 1 aromatic rings. The first-order chi connectivity index (χ1) is 9.65. The van der Waals surface area contributed by atoms with E-state index in [4.69, 9.17) is 10.5 Å².